The molecule has 328 valence electrons. The fourth-order valence-corrected chi connectivity index (χ4v) is 10.4. The number of fused-ring (bicyclic) bond motifs is 1. The molecule has 5 heterocycles. The van der Waals surface area contributed by atoms with E-state index >= 15 is 0 Å². The lowest BCUT2D eigenvalue weighted by molar-refractivity contribution is -0.136. The molecular formula is C45H55ClN9O6P. The Balaban J connectivity index is 0.827. The van der Waals surface area contributed by atoms with Crippen LogP contribution in [-0.4, -0.2) is 127 Å². The summed E-state index contributed by atoms with van der Waals surface area (Å²) in [6.45, 7) is 13.1. The fourth-order valence-electron chi connectivity index (χ4n) is 9.07. The Morgan fingerprint density at radius 3 is 2.42 bits per heavy atom. The number of halogens is 1. The minimum absolute atomic E-state index is 0.196. The van der Waals surface area contributed by atoms with Crippen LogP contribution in [0.2, 0.25) is 5.02 Å². The number of hydrogen-bond donors (Lipinski definition) is 3. The summed E-state index contributed by atoms with van der Waals surface area (Å²) in [4.78, 5) is 55.6. The van der Waals surface area contributed by atoms with Crippen LogP contribution in [-0.2, 0) is 27.1 Å². The molecule has 4 aromatic rings. The summed E-state index contributed by atoms with van der Waals surface area (Å²) >= 11 is 6.53. The maximum Gasteiger partial charge on any atom is 0.255 e. The van der Waals surface area contributed by atoms with Gasteiger partial charge in [-0.15, -0.1) is 0 Å². The van der Waals surface area contributed by atoms with Crippen LogP contribution >= 0.6 is 18.7 Å². The standard InChI is InChI=1S/C45H55ClN9O6P/c1-5-29-25-35(49-45-47-27-33(46)42(51-45)48-34-10-6-7-12-40(34)62(3,4)59)39(60-2)26-37(29)54-17-15-30(16-18-54)53-21-19-52(20-22-53)23-24-61-38-11-8-9-31-32(38)28-55(44(31)58)36-13-14-41(56)50-43(36)57/h6-12,25-27,30,36H,5,13-24,28H2,1-4H3,(H,50,56,57)(H2,47,48,49,51). The average molecular weight is 884 g/mol. The van der Waals surface area contributed by atoms with Gasteiger partial charge in [0.1, 0.15) is 36.3 Å². The number of aryl methyl sites for hydroxylation is 1. The zero-order valence-corrected chi connectivity index (χ0v) is 37.4. The van der Waals surface area contributed by atoms with E-state index in [9.17, 15) is 18.9 Å². The van der Waals surface area contributed by atoms with Crippen LogP contribution in [0.25, 0.3) is 0 Å². The first-order chi connectivity index (χ1) is 29.9. The second-order valence-electron chi connectivity index (χ2n) is 16.7. The van der Waals surface area contributed by atoms with E-state index in [0.29, 0.717) is 65.2 Å². The number of nitrogens with zero attached hydrogens (tertiary/aromatic N) is 6. The van der Waals surface area contributed by atoms with E-state index < -0.39 is 19.1 Å². The lowest BCUT2D eigenvalue weighted by atomic mass is 9.99. The number of piperazine rings is 1. The second kappa shape index (κ2) is 18.6. The van der Waals surface area contributed by atoms with E-state index in [-0.39, 0.29) is 18.2 Å². The molecule has 3 aromatic carbocycles. The van der Waals surface area contributed by atoms with Crippen LogP contribution in [0, 0.1) is 0 Å². The topological polar surface area (TPSA) is 162 Å². The third-order valence-electron chi connectivity index (χ3n) is 12.4. The Kier molecular flexibility index (Phi) is 13.1. The number of amides is 3. The number of carbonyl (C=O) groups is 3. The molecule has 0 saturated carbocycles. The molecule has 0 radical (unpaired) electrons. The number of nitrogens with one attached hydrogen (secondary N) is 3. The van der Waals surface area contributed by atoms with Crippen molar-refractivity contribution in [3.8, 4) is 11.5 Å². The number of ether oxygens (including phenoxy) is 2. The van der Waals surface area contributed by atoms with E-state index in [1.807, 2.05) is 36.4 Å². The van der Waals surface area contributed by atoms with Gasteiger partial charge in [0.05, 0.1) is 31.2 Å². The fraction of sp³-hybridized carbons (Fsp3) is 0.444. The van der Waals surface area contributed by atoms with Crippen molar-refractivity contribution < 1.29 is 28.4 Å². The molecule has 4 aliphatic rings. The molecule has 15 nitrogen and oxygen atoms in total. The molecule has 1 unspecified atom stereocenters. The Bertz CT molecular complexity index is 2380. The first-order valence-corrected chi connectivity index (χ1v) is 24.4. The molecule has 0 bridgehead atoms. The number of carbonyl (C=O) groups excluding carboxylic acids is 3. The summed E-state index contributed by atoms with van der Waals surface area (Å²) in [6, 6.07) is 17.1. The van der Waals surface area contributed by atoms with Crippen LogP contribution in [0.1, 0.15) is 54.1 Å². The molecule has 62 heavy (non-hydrogen) atoms. The second-order valence-corrected chi connectivity index (χ2v) is 20.3. The van der Waals surface area contributed by atoms with Gasteiger partial charge in [-0.1, -0.05) is 36.7 Å². The number of methoxy groups -OCH3 is 1. The molecule has 3 saturated heterocycles. The van der Waals surface area contributed by atoms with Crippen molar-refractivity contribution in [3.63, 3.8) is 0 Å². The predicted molar refractivity (Wildman–Crippen MR) is 243 cm³/mol. The van der Waals surface area contributed by atoms with Crippen LogP contribution in [0.4, 0.5) is 28.8 Å². The number of rotatable bonds is 14. The maximum atomic E-state index is 13.2. The zero-order chi connectivity index (χ0) is 43.5. The zero-order valence-electron chi connectivity index (χ0n) is 35.8. The van der Waals surface area contributed by atoms with E-state index in [2.05, 4.69) is 59.7 Å². The lowest BCUT2D eigenvalue weighted by Crippen LogP contribution is -2.53. The van der Waals surface area contributed by atoms with Gasteiger partial charge in [-0.2, -0.15) is 4.98 Å². The highest BCUT2D eigenvalue weighted by Crippen LogP contribution is 2.40. The Morgan fingerprint density at radius 1 is 0.919 bits per heavy atom. The van der Waals surface area contributed by atoms with Crippen molar-refractivity contribution >= 4 is 70.6 Å². The van der Waals surface area contributed by atoms with Gasteiger partial charge in [-0.25, -0.2) is 4.98 Å². The Hall–Kier alpha value is -5.21. The SMILES string of the molecule is CCc1cc(Nc2ncc(Cl)c(Nc3ccccc3P(C)(C)=O)n2)c(OC)cc1N1CCC(N2CCN(CCOc3cccc4c3CN(C3CCC(=O)NC3=O)C4=O)CC2)CC1. The Morgan fingerprint density at radius 2 is 1.69 bits per heavy atom. The molecular weight excluding hydrogens is 829 g/mol. The maximum absolute atomic E-state index is 13.2. The van der Waals surface area contributed by atoms with E-state index in [1.54, 1.807) is 37.6 Å². The number of para-hydroxylation sites is 1. The Labute approximate surface area is 367 Å². The quantitative estimate of drug-likeness (QED) is 0.102. The summed E-state index contributed by atoms with van der Waals surface area (Å²) in [5.41, 5.74) is 5.18. The highest BCUT2D eigenvalue weighted by molar-refractivity contribution is 7.70. The van der Waals surface area contributed by atoms with Gasteiger partial charge in [-0.05, 0) is 74.9 Å². The van der Waals surface area contributed by atoms with Crippen LogP contribution < -0.4 is 35.6 Å². The van der Waals surface area contributed by atoms with Gasteiger partial charge >= 0.3 is 0 Å². The molecule has 0 aliphatic carbocycles. The number of imide groups is 1. The molecule has 1 atom stereocenters. The van der Waals surface area contributed by atoms with Crippen molar-refractivity contribution in [2.45, 2.75) is 57.7 Å². The number of aromatic nitrogens is 2. The van der Waals surface area contributed by atoms with Gasteiger partial charge in [-0.3, -0.25) is 29.5 Å². The normalized spacial score (nSPS) is 19.0. The van der Waals surface area contributed by atoms with Crippen LogP contribution in [0.3, 0.4) is 0 Å². The van der Waals surface area contributed by atoms with Gasteiger partial charge in [0.25, 0.3) is 5.91 Å². The van der Waals surface area contributed by atoms with Crippen molar-refractivity contribution in [1.82, 2.24) is 30.0 Å². The van der Waals surface area contributed by atoms with Crippen LogP contribution in [0.5, 0.6) is 11.5 Å². The molecule has 4 aliphatic heterocycles. The third-order valence-corrected chi connectivity index (χ3v) is 14.3. The monoisotopic (exact) mass is 883 g/mol. The van der Waals surface area contributed by atoms with Crippen molar-refractivity contribution in [3.05, 3.63) is 82.5 Å². The van der Waals surface area contributed by atoms with Gasteiger partial charge < -0.3 is 34.5 Å². The van der Waals surface area contributed by atoms with Crippen LogP contribution in [0.15, 0.2) is 60.8 Å². The van der Waals surface area contributed by atoms with Gasteiger partial charge in [0.15, 0.2) is 5.82 Å². The van der Waals surface area contributed by atoms with Gasteiger partial charge in [0.2, 0.25) is 17.8 Å². The molecule has 0 spiro atoms. The minimum Gasteiger partial charge on any atom is -0.494 e. The minimum atomic E-state index is -2.56. The average Bonchev–Trinajstić information content (AvgIpc) is 3.61. The first-order valence-electron chi connectivity index (χ1n) is 21.4. The number of piperidine rings is 2. The smallest absolute Gasteiger partial charge is 0.255 e. The molecule has 3 amide bonds. The number of benzene rings is 3. The largest absolute Gasteiger partial charge is 0.494 e. The third kappa shape index (κ3) is 9.41. The number of hydrogen-bond acceptors (Lipinski definition) is 13. The molecule has 17 heteroatoms. The highest BCUT2D eigenvalue weighted by Gasteiger charge is 2.40. The van der Waals surface area contributed by atoms with Crippen molar-refractivity contribution in [2.24, 2.45) is 0 Å². The van der Waals surface area contributed by atoms with E-state index in [4.69, 9.17) is 21.1 Å². The molecule has 3 N–H and O–H groups in total. The molecule has 8 rings (SSSR count). The summed E-state index contributed by atoms with van der Waals surface area (Å²) in [5.74, 6) is 1.21. The summed E-state index contributed by atoms with van der Waals surface area (Å²) < 4.78 is 25.1. The van der Waals surface area contributed by atoms with Gasteiger partial charge in [0, 0.05) is 86.5 Å². The number of anilines is 5. The van der Waals surface area contributed by atoms with Crippen molar-refractivity contribution in [1.29, 1.82) is 0 Å². The predicted octanol–water partition coefficient (Wildman–Crippen LogP) is 5.86. The molecule has 1 aromatic heterocycles. The lowest BCUT2D eigenvalue weighted by Gasteiger charge is -2.43. The summed E-state index contributed by atoms with van der Waals surface area (Å²) in [6.07, 6.45) is 5.09. The first kappa shape index (κ1) is 43.4. The highest BCUT2D eigenvalue weighted by atomic mass is 35.5. The van der Waals surface area contributed by atoms with E-state index in [1.165, 1.54) is 11.3 Å². The molecule has 3 fully saturated rings. The van der Waals surface area contributed by atoms with E-state index in [0.717, 1.165) is 81.6 Å². The summed E-state index contributed by atoms with van der Waals surface area (Å²) in [5, 5.41) is 10.1. The van der Waals surface area contributed by atoms with Crippen molar-refractivity contribution in [2.75, 3.05) is 88.4 Å². The summed E-state index contributed by atoms with van der Waals surface area (Å²) in [7, 11) is -0.889.